The SMILES string of the molecule is O=C(NCC1CCCO1)C1CN(C(=O)Nc2ccc(C(F)(F)F)cc2)CCN1S(=O)(=O)c1cccs1. The molecule has 1 aromatic heterocycles. The van der Waals surface area contributed by atoms with Gasteiger partial charge in [0.1, 0.15) is 10.3 Å². The zero-order valence-electron chi connectivity index (χ0n) is 19.0. The highest BCUT2D eigenvalue weighted by Crippen LogP contribution is 2.30. The summed E-state index contributed by atoms with van der Waals surface area (Å²) in [6, 6.07) is 5.16. The van der Waals surface area contributed by atoms with Gasteiger partial charge in [0.25, 0.3) is 10.0 Å². The Hall–Kier alpha value is -2.68. The third kappa shape index (κ3) is 5.99. The molecular weight excluding hydrogens is 521 g/mol. The number of thiophene rings is 1. The molecule has 14 heteroatoms. The van der Waals surface area contributed by atoms with Crippen LogP contribution >= 0.6 is 11.3 Å². The van der Waals surface area contributed by atoms with Gasteiger partial charge in [0.05, 0.1) is 11.7 Å². The number of alkyl halides is 3. The first-order valence-electron chi connectivity index (χ1n) is 11.2. The number of piperazine rings is 1. The lowest BCUT2D eigenvalue weighted by atomic mass is 10.2. The van der Waals surface area contributed by atoms with E-state index < -0.39 is 39.7 Å². The number of hydrogen-bond acceptors (Lipinski definition) is 6. The fraction of sp³-hybridized carbons (Fsp3) is 0.455. The van der Waals surface area contributed by atoms with E-state index in [1.165, 1.54) is 11.0 Å². The number of amides is 3. The van der Waals surface area contributed by atoms with E-state index in [0.717, 1.165) is 52.7 Å². The summed E-state index contributed by atoms with van der Waals surface area (Å²) in [5.41, 5.74) is -0.711. The van der Waals surface area contributed by atoms with Crippen molar-refractivity contribution in [2.24, 2.45) is 0 Å². The van der Waals surface area contributed by atoms with E-state index in [2.05, 4.69) is 10.6 Å². The second-order valence-corrected chi connectivity index (χ2v) is 11.5. The van der Waals surface area contributed by atoms with Crippen LogP contribution in [0.1, 0.15) is 18.4 Å². The second-order valence-electron chi connectivity index (χ2n) is 8.40. The molecule has 1 aromatic carbocycles. The molecule has 0 radical (unpaired) electrons. The minimum absolute atomic E-state index is 0.00735. The van der Waals surface area contributed by atoms with Gasteiger partial charge in [-0.15, -0.1) is 11.3 Å². The summed E-state index contributed by atoms with van der Waals surface area (Å²) in [5, 5.41) is 6.87. The standard InChI is InChI=1S/C22H25F3N4O5S2/c23-22(24,25)15-5-7-16(8-6-15)27-21(31)28-9-10-29(36(32,33)19-4-2-12-35-19)18(14-28)20(30)26-13-17-3-1-11-34-17/h2,4-8,12,17-18H,1,3,9-11,13-14H2,(H,26,30)(H,27,31). The van der Waals surface area contributed by atoms with Gasteiger partial charge in [-0.2, -0.15) is 17.5 Å². The normalized spacial score (nSPS) is 21.4. The molecule has 0 saturated carbocycles. The average Bonchev–Trinajstić information content (AvgIpc) is 3.57. The van der Waals surface area contributed by atoms with Crippen LogP contribution in [0, 0.1) is 0 Å². The van der Waals surface area contributed by atoms with E-state index in [1.54, 1.807) is 11.4 Å². The maximum Gasteiger partial charge on any atom is 0.416 e. The van der Waals surface area contributed by atoms with E-state index in [-0.39, 0.29) is 42.2 Å². The maximum absolute atomic E-state index is 13.2. The highest BCUT2D eigenvalue weighted by atomic mass is 32.2. The van der Waals surface area contributed by atoms with Crippen LogP contribution in [0.25, 0.3) is 0 Å². The van der Waals surface area contributed by atoms with Crippen molar-refractivity contribution in [2.75, 3.05) is 38.1 Å². The van der Waals surface area contributed by atoms with Gasteiger partial charge in [0, 0.05) is 38.5 Å². The smallest absolute Gasteiger partial charge is 0.376 e. The molecule has 4 rings (SSSR count). The number of halogens is 3. The number of hydrogen-bond donors (Lipinski definition) is 2. The van der Waals surface area contributed by atoms with E-state index in [4.69, 9.17) is 4.74 Å². The fourth-order valence-electron chi connectivity index (χ4n) is 4.06. The molecule has 196 valence electrons. The van der Waals surface area contributed by atoms with Crippen LogP contribution in [-0.4, -0.2) is 74.5 Å². The number of anilines is 1. The number of rotatable bonds is 6. The lowest BCUT2D eigenvalue weighted by Crippen LogP contribution is -2.62. The van der Waals surface area contributed by atoms with E-state index in [0.29, 0.717) is 6.61 Å². The van der Waals surface area contributed by atoms with Crippen molar-refractivity contribution in [3.8, 4) is 0 Å². The number of nitrogens with one attached hydrogen (secondary N) is 2. The number of ether oxygens (including phenoxy) is 1. The third-order valence-corrected chi connectivity index (χ3v) is 9.25. The van der Waals surface area contributed by atoms with E-state index in [1.807, 2.05) is 0 Å². The number of nitrogens with zero attached hydrogens (tertiary/aromatic N) is 2. The lowest BCUT2D eigenvalue weighted by molar-refractivity contribution is -0.137. The Morgan fingerprint density at radius 2 is 1.89 bits per heavy atom. The Kier molecular flexibility index (Phi) is 7.87. The van der Waals surface area contributed by atoms with Crippen molar-refractivity contribution in [3.05, 3.63) is 47.3 Å². The average molecular weight is 547 g/mol. The van der Waals surface area contributed by atoms with Gasteiger partial charge in [-0.25, -0.2) is 13.2 Å². The minimum atomic E-state index is -4.50. The van der Waals surface area contributed by atoms with Gasteiger partial charge in [-0.3, -0.25) is 4.79 Å². The zero-order valence-corrected chi connectivity index (χ0v) is 20.7. The number of carbonyl (C=O) groups excluding carboxylic acids is 2. The first-order chi connectivity index (χ1) is 17.1. The Morgan fingerprint density at radius 1 is 1.14 bits per heavy atom. The molecule has 2 fully saturated rings. The van der Waals surface area contributed by atoms with Crippen molar-refractivity contribution >= 4 is 39.0 Å². The van der Waals surface area contributed by atoms with E-state index >= 15 is 0 Å². The third-order valence-electron chi connectivity index (χ3n) is 5.97. The topological polar surface area (TPSA) is 108 Å². The molecular formula is C22H25F3N4O5S2. The molecule has 2 saturated heterocycles. The van der Waals surface area contributed by atoms with E-state index in [9.17, 15) is 31.2 Å². The second kappa shape index (κ2) is 10.7. The summed E-state index contributed by atoms with van der Waals surface area (Å²) in [7, 11) is -3.98. The van der Waals surface area contributed by atoms with Crippen LogP contribution in [0.2, 0.25) is 0 Å². The molecule has 2 unspecified atom stereocenters. The summed E-state index contributed by atoms with van der Waals surface area (Å²) < 4.78 is 71.5. The molecule has 2 aliphatic heterocycles. The monoisotopic (exact) mass is 546 g/mol. The fourth-order valence-corrected chi connectivity index (χ4v) is 6.75. The van der Waals surface area contributed by atoms with Gasteiger partial charge in [-0.05, 0) is 48.6 Å². The minimum Gasteiger partial charge on any atom is -0.376 e. The Bertz CT molecular complexity index is 1170. The number of carbonyl (C=O) groups is 2. The van der Waals surface area contributed by atoms with Crippen LogP contribution in [0.5, 0.6) is 0 Å². The maximum atomic E-state index is 13.2. The van der Waals surface area contributed by atoms with Crippen LogP contribution in [0.4, 0.5) is 23.7 Å². The van der Waals surface area contributed by atoms with Crippen molar-refractivity contribution < 1.29 is 35.9 Å². The Morgan fingerprint density at radius 3 is 2.50 bits per heavy atom. The van der Waals surface area contributed by atoms with Crippen molar-refractivity contribution in [2.45, 2.75) is 35.4 Å². The molecule has 0 aliphatic carbocycles. The Labute approximate surface area is 210 Å². The largest absolute Gasteiger partial charge is 0.416 e. The summed E-state index contributed by atoms with van der Waals surface area (Å²) in [6.45, 7) is 0.459. The molecule has 0 bridgehead atoms. The summed E-state index contributed by atoms with van der Waals surface area (Å²) >= 11 is 1.03. The predicted molar refractivity (Wildman–Crippen MR) is 126 cm³/mol. The molecule has 36 heavy (non-hydrogen) atoms. The molecule has 3 heterocycles. The van der Waals surface area contributed by atoms with Crippen molar-refractivity contribution in [1.82, 2.24) is 14.5 Å². The van der Waals surface area contributed by atoms with Crippen LogP contribution in [-0.2, 0) is 25.7 Å². The molecule has 2 atom stereocenters. The first kappa shape index (κ1) is 26.4. The van der Waals surface area contributed by atoms with Crippen molar-refractivity contribution in [3.63, 3.8) is 0 Å². The highest BCUT2D eigenvalue weighted by molar-refractivity contribution is 7.91. The summed E-state index contributed by atoms with van der Waals surface area (Å²) in [5.74, 6) is -0.558. The van der Waals surface area contributed by atoms with Crippen molar-refractivity contribution in [1.29, 1.82) is 0 Å². The number of urea groups is 1. The van der Waals surface area contributed by atoms with Gasteiger partial charge < -0.3 is 20.3 Å². The number of benzene rings is 1. The van der Waals surface area contributed by atoms with Gasteiger partial charge in [0.2, 0.25) is 5.91 Å². The molecule has 2 aromatic rings. The zero-order chi connectivity index (χ0) is 25.9. The molecule has 3 amide bonds. The lowest BCUT2D eigenvalue weighted by Gasteiger charge is -2.39. The highest BCUT2D eigenvalue weighted by Gasteiger charge is 2.42. The quantitative estimate of drug-likeness (QED) is 0.579. The summed E-state index contributed by atoms with van der Waals surface area (Å²) in [4.78, 5) is 27.2. The molecule has 0 spiro atoms. The van der Waals surface area contributed by atoms with Gasteiger partial charge in [0.15, 0.2) is 0 Å². The first-order valence-corrected chi connectivity index (χ1v) is 13.6. The van der Waals surface area contributed by atoms with Crippen LogP contribution in [0.15, 0.2) is 46.0 Å². The van der Waals surface area contributed by atoms with Crippen LogP contribution < -0.4 is 10.6 Å². The number of sulfonamides is 1. The molecule has 9 nitrogen and oxygen atoms in total. The molecule has 2 N–H and O–H groups in total. The predicted octanol–water partition coefficient (Wildman–Crippen LogP) is 2.97. The molecule has 2 aliphatic rings. The summed E-state index contributed by atoms with van der Waals surface area (Å²) in [6.07, 6.45) is -3.00. The Balaban J connectivity index is 1.48. The van der Waals surface area contributed by atoms with Gasteiger partial charge in [-0.1, -0.05) is 6.07 Å². The van der Waals surface area contributed by atoms with Gasteiger partial charge >= 0.3 is 12.2 Å². The van der Waals surface area contributed by atoms with Crippen LogP contribution in [0.3, 0.4) is 0 Å².